The van der Waals surface area contributed by atoms with Crippen LogP contribution in [0.5, 0.6) is 0 Å². The second-order valence-electron chi connectivity index (χ2n) is 9.71. The summed E-state index contributed by atoms with van der Waals surface area (Å²) in [4.78, 5) is 47.2. The van der Waals surface area contributed by atoms with Crippen molar-refractivity contribution >= 4 is 50.2 Å². The fourth-order valence-electron chi connectivity index (χ4n) is 5.24. The number of aromatic nitrogens is 1. The Labute approximate surface area is 212 Å². The Morgan fingerprint density at radius 3 is 2.69 bits per heavy atom. The van der Waals surface area contributed by atoms with Crippen molar-refractivity contribution in [2.75, 3.05) is 19.6 Å². The number of likely N-dealkylation sites (tertiary alicyclic amines) is 1. The van der Waals surface area contributed by atoms with Crippen molar-refractivity contribution in [1.82, 2.24) is 20.1 Å². The van der Waals surface area contributed by atoms with Gasteiger partial charge in [0.15, 0.2) is 0 Å². The van der Waals surface area contributed by atoms with E-state index in [-0.39, 0.29) is 18.4 Å². The number of urea groups is 1. The van der Waals surface area contributed by atoms with Gasteiger partial charge in [-0.1, -0.05) is 48.5 Å². The first-order valence-corrected chi connectivity index (χ1v) is 13.0. The third kappa shape index (κ3) is 3.82. The number of imide groups is 1. The standard InChI is InChI=1S/C28H26N4O3S/c1-28(21-13-12-18-7-2-3-8-19(18)15-21)26(34)32(27(35)30-28)17-24(33)31-14-6-9-20(16-31)25-29-22-10-4-5-11-23(22)36-25/h2-5,7-8,10-13,15,20H,6,9,14,16-17H2,1H3,(H,30,35)/t20-,28+/m1/s1. The number of hydrogen-bond donors (Lipinski definition) is 1. The number of para-hydroxylation sites is 1. The van der Waals surface area contributed by atoms with Crippen molar-refractivity contribution in [3.05, 3.63) is 77.3 Å². The van der Waals surface area contributed by atoms with Crippen molar-refractivity contribution < 1.29 is 14.4 Å². The fourth-order valence-corrected chi connectivity index (χ4v) is 6.33. The molecular formula is C28H26N4O3S. The number of nitrogens with one attached hydrogen (secondary N) is 1. The highest BCUT2D eigenvalue weighted by Gasteiger charge is 2.50. The lowest BCUT2D eigenvalue weighted by Crippen LogP contribution is -2.47. The Balaban J connectivity index is 1.18. The number of benzene rings is 3. The number of piperidine rings is 1. The van der Waals surface area contributed by atoms with E-state index in [9.17, 15) is 14.4 Å². The summed E-state index contributed by atoms with van der Waals surface area (Å²) in [6.07, 6.45) is 1.83. The van der Waals surface area contributed by atoms with Gasteiger partial charge >= 0.3 is 6.03 Å². The molecule has 6 rings (SSSR count). The molecule has 36 heavy (non-hydrogen) atoms. The monoisotopic (exact) mass is 498 g/mol. The zero-order chi connectivity index (χ0) is 24.9. The van der Waals surface area contributed by atoms with Gasteiger partial charge in [0.25, 0.3) is 5.91 Å². The Hall–Kier alpha value is -3.78. The lowest BCUT2D eigenvalue weighted by atomic mass is 9.90. The number of hydrogen-bond acceptors (Lipinski definition) is 5. The summed E-state index contributed by atoms with van der Waals surface area (Å²) in [6.45, 7) is 2.60. The summed E-state index contributed by atoms with van der Waals surface area (Å²) in [6, 6.07) is 21.1. The summed E-state index contributed by atoms with van der Waals surface area (Å²) in [5.74, 6) is -0.464. The number of amides is 4. The predicted octanol–water partition coefficient (Wildman–Crippen LogP) is 4.62. The highest BCUT2D eigenvalue weighted by atomic mass is 32.1. The third-order valence-electron chi connectivity index (χ3n) is 7.33. The molecule has 2 aliphatic heterocycles. The third-order valence-corrected chi connectivity index (χ3v) is 8.53. The lowest BCUT2D eigenvalue weighted by molar-refractivity contribution is -0.139. The average Bonchev–Trinajstić information content (AvgIpc) is 3.43. The molecule has 4 amide bonds. The van der Waals surface area contributed by atoms with E-state index in [4.69, 9.17) is 4.98 Å². The lowest BCUT2D eigenvalue weighted by Gasteiger charge is -2.32. The van der Waals surface area contributed by atoms with Crippen LogP contribution in [0.25, 0.3) is 21.0 Å². The van der Waals surface area contributed by atoms with Crippen molar-refractivity contribution in [1.29, 1.82) is 0 Å². The van der Waals surface area contributed by atoms with E-state index in [1.807, 2.05) is 60.7 Å². The highest BCUT2D eigenvalue weighted by Crippen LogP contribution is 2.34. The second-order valence-corrected chi connectivity index (χ2v) is 10.8. The van der Waals surface area contributed by atoms with Gasteiger partial charge in [-0.2, -0.15) is 0 Å². The van der Waals surface area contributed by atoms with Gasteiger partial charge < -0.3 is 10.2 Å². The largest absolute Gasteiger partial charge is 0.340 e. The minimum Gasteiger partial charge on any atom is -0.340 e. The molecule has 1 aromatic heterocycles. The normalized spacial score (nSPS) is 22.4. The van der Waals surface area contributed by atoms with Crippen LogP contribution < -0.4 is 5.32 Å². The van der Waals surface area contributed by atoms with Crippen molar-refractivity contribution in [2.24, 2.45) is 0 Å². The number of carbonyl (C=O) groups is 3. The molecule has 2 atom stereocenters. The van der Waals surface area contributed by atoms with Gasteiger partial charge in [0.1, 0.15) is 12.1 Å². The van der Waals surface area contributed by atoms with Gasteiger partial charge in [0.05, 0.1) is 15.2 Å². The second kappa shape index (κ2) is 8.71. The first-order chi connectivity index (χ1) is 17.4. The van der Waals surface area contributed by atoms with Crippen LogP contribution >= 0.6 is 11.3 Å². The maximum atomic E-state index is 13.4. The zero-order valence-corrected chi connectivity index (χ0v) is 20.8. The van der Waals surface area contributed by atoms with Crippen LogP contribution in [0.3, 0.4) is 0 Å². The Kier molecular flexibility index (Phi) is 5.48. The topological polar surface area (TPSA) is 82.6 Å². The van der Waals surface area contributed by atoms with Gasteiger partial charge in [-0.3, -0.25) is 14.5 Å². The zero-order valence-electron chi connectivity index (χ0n) is 19.9. The van der Waals surface area contributed by atoms with Crippen molar-refractivity contribution in [3.63, 3.8) is 0 Å². The van der Waals surface area contributed by atoms with Crippen molar-refractivity contribution in [3.8, 4) is 0 Å². The van der Waals surface area contributed by atoms with E-state index in [0.29, 0.717) is 18.7 Å². The van der Waals surface area contributed by atoms with Crippen LogP contribution in [0.15, 0.2) is 66.7 Å². The molecule has 8 heteroatoms. The predicted molar refractivity (Wildman–Crippen MR) is 140 cm³/mol. The number of nitrogens with zero attached hydrogens (tertiary/aromatic N) is 3. The average molecular weight is 499 g/mol. The van der Waals surface area contributed by atoms with Gasteiger partial charge in [0, 0.05) is 19.0 Å². The molecule has 2 aliphatic rings. The molecule has 3 heterocycles. The van der Waals surface area contributed by atoms with Crippen LogP contribution in [0.1, 0.15) is 36.3 Å². The number of thiazole rings is 1. The highest BCUT2D eigenvalue weighted by molar-refractivity contribution is 7.18. The summed E-state index contributed by atoms with van der Waals surface area (Å²) >= 11 is 1.67. The first kappa shape index (κ1) is 22.7. The molecule has 1 N–H and O–H groups in total. The molecule has 0 spiro atoms. The fraction of sp³-hybridized carbons (Fsp3) is 0.286. The molecule has 2 fully saturated rings. The molecule has 0 aliphatic carbocycles. The number of rotatable bonds is 4. The van der Waals surface area contributed by atoms with E-state index in [1.165, 1.54) is 0 Å². The molecule has 7 nitrogen and oxygen atoms in total. The van der Waals surface area contributed by atoms with Crippen LogP contribution in [-0.2, 0) is 15.1 Å². The molecular weight excluding hydrogens is 472 g/mol. The van der Waals surface area contributed by atoms with E-state index in [1.54, 1.807) is 23.2 Å². The summed E-state index contributed by atoms with van der Waals surface area (Å²) in [5.41, 5.74) is 0.462. The van der Waals surface area contributed by atoms with Crippen LogP contribution in [0.2, 0.25) is 0 Å². The summed E-state index contributed by atoms with van der Waals surface area (Å²) < 4.78 is 1.14. The van der Waals surface area contributed by atoms with E-state index < -0.39 is 17.5 Å². The Bertz CT molecular complexity index is 1480. The minimum absolute atomic E-state index is 0.158. The molecule has 4 aromatic rings. The molecule has 0 saturated carbocycles. The van der Waals surface area contributed by atoms with Gasteiger partial charge in [-0.25, -0.2) is 9.78 Å². The van der Waals surface area contributed by atoms with Crippen molar-refractivity contribution in [2.45, 2.75) is 31.2 Å². The maximum absolute atomic E-state index is 13.4. The molecule has 0 bridgehead atoms. The SMILES string of the molecule is C[C@@]1(c2ccc3ccccc3c2)NC(=O)N(CC(=O)N2CCC[C@@H](c3nc4ccccc4s3)C2)C1=O. The Morgan fingerprint density at radius 1 is 1.08 bits per heavy atom. The van der Waals surface area contributed by atoms with E-state index in [2.05, 4.69) is 11.4 Å². The smallest absolute Gasteiger partial charge is 0.325 e. The van der Waals surface area contributed by atoms with Gasteiger partial charge in [-0.05, 0) is 54.3 Å². The molecule has 2 saturated heterocycles. The molecule has 3 aromatic carbocycles. The number of fused-ring (bicyclic) bond motifs is 2. The molecule has 0 unspecified atom stereocenters. The number of carbonyl (C=O) groups excluding carboxylic acids is 3. The van der Waals surface area contributed by atoms with Gasteiger partial charge in [-0.15, -0.1) is 11.3 Å². The van der Waals surface area contributed by atoms with Gasteiger partial charge in [0.2, 0.25) is 5.91 Å². The first-order valence-electron chi connectivity index (χ1n) is 12.2. The van der Waals surface area contributed by atoms with E-state index in [0.717, 1.165) is 43.7 Å². The minimum atomic E-state index is -1.22. The summed E-state index contributed by atoms with van der Waals surface area (Å²) in [7, 11) is 0. The maximum Gasteiger partial charge on any atom is 0.325 e. The van der Waals surface area contributed by atoms with Crippen LogP contribution in [0, 0.1) is 0 Å². The quantitative estimate of drug-likeness (QED) is 0.416. The Morgan fingerprint density at radius 2 is 1.86 bits per heavy atom. The van der Waals surface area contributed by atoms with E-state index >= 15 is 0 Å². The van der Waals surface area contributed by atoms with Crippen LogP contribution in [-0.4, -0.2) is 52.3 Å². The molecule has 182 valence electrons. The van der Waals surface area contributed by atoms with Crippen LogP contribution in [0.4, 0.5) is 4.79 Å². The summed E-state index contributed by atoms with van der Waals surface area (Å²) in [5, 5.41) is 5.91. The molecule has 0 radical (unpaired) electrons.